The second kappa shape index (κ2) is 6.23. The summed E-state index contributed by atoms with van der Waals surface area (Å²) in [6.45, 7) is 0. The molecule has 114 valence electrons. The Hall–Kier alpha value is -3.28. The van der Waals surface area contributed by atoms with Gasteiger partial charge in [-0.2, -0.15) is 5.10 Å². The van der Waals surface area contributed by atoms with Gasteiger partial charge >= 0.3 is 0 Å². The normalized spacial score (nSPS) is 11.0. The summed E-state index contributed by atoms with van der Waals surface area (Å²) in [4.78, 5) is 26.5. The van der Waals surface area contributed by atoms with Gasteiger partial charge in [0.15, 0.2) is 0 Å². The van der Waals surface area contributed by atoms with Crippen LogP contribution in [0.2, 0.25) is 0 Å². The second-order valence-corrected chi connectivity index (χ2v) is 4.85. The molecule has 0 saturated carbocycles. The average Bonchev–Trinajstić information content (AvgIpc) is 2.56. The summed E-state index contributed by atoms with van der Waals surface area (Å²) in [5.74, 6) is -0.911. The molecule has 3 rings (SSSR count). The predicted molar refractivity (Wildman–Crippen MR) is 86.0 cm³/mol. The summed E-state index contributed by atoms with van der Waals surface area (Å²) >= 11 is 0. The van der Waals surface area contributed by atoms with Gasteiger partial charge in [-0.3, -0.25) is 9.59 Å². The van der Waals surface area contributed by atoms with Gasteiger partial charge < -0.3 is 4.98 Å². The molecule has 1 aromatic heterocycles. The van der Waals surface area contributed by atoms with E-state index in [-0.39, 0.29) is 11.1 Å². The molecule has 0 saturated heterocycles. The number of aromatic nitrogens is 1. The Balaban J connectivity index is 1.77. The Morgan fingerprint density at radius 1 is 1.13 bits per heavy atom. The van der Waals surface area contributed by atoms with Crippen LogP contribution < -0.4 is 11.0 Å². The molecular weight excluding hydrogens is 297 g/mol. The van der Waals surface area contributed by atoms with Crippen LogP contribution in [0, 0.1) is 5.82 Å². The van der Waals surface area contributed by atoms with Crippen LogP contribution in [0.5, 0.6) is 0 Å². The summed E-state index contributed by atoms with van der Waals surface area (Å²) in [7, 11) is 0. The number of hydrogen-bond donors (Lipinski definition) is 2. The highest BCUT2D eigenvalue weighted by atomic mass is 19.1. The molecule has 2 N–H and O–H groups in total. The highest BCUT2D eigenvalue weighted by molar-refractivity contribution is 5.95. The minimum atomic E-state index is -0.488. The average molecular weight is 309 g/mol. The lowest BCUT2D eigenvalue weighted by Crippen LogP contribution is -2.19. The molecule has 23 heavy (non-hydrogen) atoms. The molecule has 1 amide bonds. The lowest BCUT2D eigenvalue weighted by Gasteiger charge is -2.00. The van der Waals surface area contributed by atoms with Gasteiger partial charge in [-0.1, -0.05) is 18.2 Å². The molecule has 0 atom stereocenters. The minimum absolute atomic E-state index is 0.274. The first-order chi connectivity index (χ1) is 11.1. The van der Waals surface area contributed by atoms with E-state index in [4.69, 9.17) is 0 Å². The van der Waals surface area contributed by atoms with Gasteiger partial charge in [0.05, 0.1) is 11.8 Å². The number of para-hydroxylation sites is 1. The van der Waals surface area contributed by atoms with Crippen molar-refractivity contribution in [2.45, 2.75) is 0 Å². The molecule has 0 aliphatic carbocycles. The fraction of sp³-hybridized carbons (Fsp3) is 0. The first-order valence-corrected chi connectivity index (χ1v) is 6.84. The molecular formula is C17H12FN3O2. The van der Waals surface area contributed by atoms with E-state index in [0.29, 0.717) is 5.56 Å². The number of fused-ring (bicyclic) bond motifs is 1. The fourth-order valence-corrected chi connectivity index (χ4v) is 2.09. The standard InChI is InChI=1S/C17H12FN3O2/c18-14-7-5-11(6-8-14)17(23)21-19-10-13-9-12-3-1-2-4-15(12)20-16(13)22/h1-10H,(H,20,22)(H,21,23). The van der Waals surface area contributed by atoms with E-state index < -0.39 is 11.7 Å². The number of carbonyl (C=O) groups excluding carboxylic acids is 1. The highest BCUT2D eigenvalue weighted by Gasteiger charge is 2.04. The summed E-state index contributed by atoms with van der Waals surface area (Å²) in [6.07, 6.45) is 1.27. The van der Waals surface area contributed by atoms with Crippen LogP contribution in [0.15, 0.2) is 64.5 Å². The zero-order valence-corrected chi connectivity index (χ0v) is 11.9. The van der Waals surface area contributed by atoms with Gasteiger partial charge in [-0.15, -0.1) is 0 Å². The third-order valence-corrected chi connectivity index (χ3v) is 3.26. The van der Waals surface area contributed by atoms with Crippen LogP contribution in [0.4, 0.5) is 4.39 Å². The highest BCUT2D eigenvalue weighted by Crippen LogP contribution is 2.09. The van der Waals surface area contributed by atoms with Crippen LogP contribution in [-0.2, 0) is 0 Å². The first kappa shape index (κ1) is 14.6. The smallest absolute Gasteiger partial charge is 0.271 e. The minimum Gasteiger partial charge on any atom is -0.321 e. The summed E-state index contributed by atoms with van der Waals surface area (Å²) < 4.78 is 12.8. The Kier molecular flexibility index (Phi) is 3.97. The van der Waals surface area contributed by atoms with Crippen molar-refractivity contribution in [1.82, 2.24) is 10.4 Å². The third kappa shape index (κ3) is 3.32. The summed E-state index contributed by atoms with van der Waals surface area (Å²) in [5.41, 5.74) is 3.32. The molecule has 0 aliphatic rings. The van der Waals surface area contributed by atoms with Crippen LogP contribution in [0.1, 0.15) is 15.9 Å². The van der Waals surface area contributed by atoms with Gasteiger partial charge in [-0.25, -0.2) is 9.82 Å². The van der Waals surface area contributed by atoms with E-state index in [1.54, 1.807) is 12.1 Å². The van der Waals surface area contributed by atoms with Gasteiger partial charge in [0.25, 0.3) is 11.5 Å². The number of nitrogens with zero attached hydrogens (tertiary/aromatic N) is 1. The molecule has 6 heteroatoms. The van der Waals surface area contributed by atoms with E-state index in [9.17, 15) is 14.0 Å². The quantitative estimate of drug-likeness (QED) is 0.576. The van der Waals surface area contributed by atoms with Gasteiger partial charge in [-0.05, 0) is 41.8 Å². The summed E-state index contributed by atoms with van der Waals surface area (Å²) in [5, 5.41) is 4.63. The monoisotopic (exact) mass is 309 g/mol. The molecule has 3 aromatic rings. The second-order valence-electron chi connectivity index (χ2n) is 4.85. The topological polar surface area (TPSA) is 74.3 Å². The maximum atomic E-state index is 12.8. The number of rotatable bonds is 3. The maximum absolute atomic E-state index is 12.8. The van der Waals surface area contributed by atoms with Crippen LogP contribution >= 0.6 is 0 Å². The van der Waals surface area contributed by atoms with Crippen molar-refractivity contribution in [1.29, 1.82) is 0 Å². The number of hydrogen-bond acceptors (Lipinski definition) is 3. The van der Waals surface area contributed by atoms with Crippen molar-refractivity contribution in [3.8, 4) is 0 Å². The first-order valence-electron chi connectivity index (χ1n) is 6.84. The molecule has 0 radical (unpaired) electrons. The van der Waals surface area contributed by atoms with Crippen molar-refractivity contribution in [3.63, 3.8) is 0 Å². The number of aromatic amines is 1. The zero-order chi connectivity index (χ0) is 16.2. The lowest BCUT2D eigenvalue weighted by molar-refractivity contribution is 0.0955. The molecule has 0 aliphatic heterocycles. The molecule has 0 spiro atoms. The SMILES string of the molecule is O=C(NN=Cc1cc2ccccc2[nH]c1=O)c1ccc(F)cc1. The molecule has 2 aromatic carbocycles. The predicted octanol–water partition coefficient (Wildman–Crippen LogP) is 2.43. The number of hydrazone groups is 1. The summed E-state index contributed by atoms with van der Waals surface area (Å²) in [6, 6.07) is 14.1. The number of carbonyl (C=O) groups is 1. The Bertz CT molecular complexity index is 946. The van der Waals surface area contributed by atoms with Crippen LogP contribution in [-0.4, -0.2) is 17.1 Å². The van der Waals surface area contributed by atoms with Crippen molar-refractivity contribution in [2.24, 2.45) is 5.10 Å². The van der Waals surface area contributed by atoms with Crippen LogP contribution in [0.3, 0.4) is 0 Å². The molecule has 1 heterocycles. The van der Waals surface area contributed by atoms with Crippen molar-refractivity contribution < 1.29 is 9.18 Å². The number of nitrogens with one attached hydrogen (secondary N) is 2. The molecule has 0 bridgehead atoms. The molecule has 5 nitrogen and oxygen atoms in total. The van der Waals surface area contributed by atoms with Gasteiger partial charge in [0.1, 0.15) is 5.82 Å². The number of benzene rings is 2. The van der Waals surface area contributed by atoms with Crippen LogP contribution in [0.25, 0.3) is 10.9 Å². The number of pyridine rings is 1. The Labute approximate surface area is 130 Å². The van der Waals surface area contributed by atoms with Crippen molar-refractivity contribution in [3.05, 3.63) is 81.9 Å². The fourth-order valence-electron chi connectivity index (χ4n) is 2.09. The lowest BCUT2D eigenvalue weighted by atomic mass is 10.2. The zero-order valence-electron chi connectivity index (χ0n) is 11.9. The van der Waals surface area contributed by atoms with E-state index in [2.05, 4.69) is 15.5 Å². The van der Waals surface area contributed by atoms with Gasteiger partial charge in [0, 0.05) is 11.1 Å². The molecule has 0 fully saturated rings. The van der Waals surface area contributed by atoms with E-state index in [0.717, 1.165) is 10.9 Å². The molecule has 0 unspecified atom stereocenters. The van der Waals surface area contributed by atoms with E-state index in [1.165, 1.54) is 30.5 Å². The largest absolute Gasteiger partial charge is 0.321 e. The van der Waals surface area contributed by atoms with E-state index in [1.807, 2.05) is 18.2 Å². The third-order valence-electron chi connectivity index (χ3n) is 3.26. The Morgan fingerprint density at radius 2 is 1.87 bits per heavy atom. The Morgan fingerprint density at radius 3 is 2.65 bits per heavy atom. The number of H-pyrrole nitrogens is 1. The number of amides is 1. The maximum Gasteiger partial charge on any atom is 0.271 e. The van der Waals surface area contributed by atoms with Gasteiger partial charge in [0.2, 0.25) is 0 Å². The van der Waals surface area contributed by atoms with E-state index >= 15 is 0 Å². The van der Waals surface area contributed by atoms with Crippen molar-refractivity contribution >= 4 is 23.0 Å². The number of halogens is 1. The van der Waals surface area contributed by atoms with Crippen molar-refractivity contribution in [2.75, 3.05) is 0 Å².